The van der Waals surface area contributed by atoms with Gasteiger partial charge in [-0.2, -0.15) is 0 Å². The van der Waals surface area contributed by atoms with Gasteiger partial charge in [0.15, 0.2) is 6.10 Å². The Morgan fingerprint density at radius 3 is 2.93 bits per heavy atom. The fraction of sp³-hybridized carbons (Fsp3) is 0.909. The Morgan fingerprint density at radius 2 is 2.33 bits per heavy atom. The maximum absolute atomic E-state index is 11.4. The normalized spacial score (nSPS) is 38.4. The molecule has 3 atom stereocenters. The lowest BCUT2D eigenvalue weighted by Crippen LogP contribution is -2.44. The van der Waals surface area contributed by atoms with Crippen LogP contribution in [0.1, 0.15) is 39.0 Å². The number of esters is 1. The molecule has 2 aliphatic rings. The molecule has 0 amide bonds. The monoisotopic (exact) mass is 214 g/mol. The highest BCUT2D eigenvalue weighted by atomic mass is 16.7. The Bertz CT molecular complexity index is 253. The zero-order chi connectivity index (χ0) is 10.9. The Kier molecular flexibility index (Phi) is 2.98. The molecule has 0 aliphatic carbocycles. The summed E-state index contributed by atoms with van der Waals surface area (Å²) in [6.07, 6.45) is 4.50. The predicted molar refractivity (Wildman–Crippen MR) is 53.3 cm³/mol. The molecule has 2 heterocycles. The molecule has 15 heavy (non-hydrogen) atoms. The van der Waals surface area contributed by atoms with Crippen molar-refractivity contribution in [2.24, 2.45) is 0 Å². The molecule has 86 valence electrons. The molecule has 2 aliphatic heterocycles. The molecule has 2 saturated heterocycles. The molecule has 4 heteroatoms. The van der Waals surface area contributed by atoms with E-state index in [1.165, 1.54) is 0 Å². The van der Waals surface area contributed by atoms with Crippen LogP contribution in [0.25, 0.3) is 0 Å². The largest absolute Gasteiger partial charge is 0.431 e. The first-order valence-electron chi connectivity index (χ1n) is 5.64. The van der Waals surface area contributed by atoms with Gasteiger partial charge in [0.25, 0.3) is 0 Å². The van der Waals surface area contributed by atoms with E-state index in [2.05, 4.69) is 6.92 Å². The molecule has 0 aromatic heterocycles. The van der Waals surface area contributed by atoms with Gasteiger partial charge in [0, 0.05) is 20.0 Å². The standard InChI is InChI=1S/C11H18O4/c1-3-4-5-6-11(13-2)7-8-9(14-8)10(12)15-11/h8-9H,3-7H2,1-2H3. The number of fused-ring (bicyclic) bond motifs is 1. The van der Waals surface area contributed by atoms with Gasteiger partial charge in [0.1, 0.15) is 6.10 Å². The minimum Gasteiger partial charge on any atom is -0.431 e. The van der Waals surface area contributed by atoms with E-state index >= 15 is 0 Å². The second-order valence-electron chi connectivity index (χ2n) is 4.29. The third-order valence-electron chi connectivity index (χ3n) is 3.15. The summed E-state index contributed by atoms with van der Waals surface area (Å²) in [4.78, 5) is 11.4. The smallest absolute Gasteiger partial charge is 0.340 e. The molecule has 2 fully saturated rings. The first kappa shape index (κ1) is 10.9. The van der Waals surface area contributed by atoms with Gasteiger partial charge >= 0.3 is 5.97 Å². The lowest BCUT2D eigenvalue weighted by molar-refractivity contribution is -0.233. The number of unbranched alkanes of at least 4 members (excludes halogenated alkanes) is 2. The van der Waals surface area contributed by atoms with Gasteiger partial charge in [0.2, 0.25) is 5.79 Å². The van der Waals surface area contributed by atoms with Crippen molar-refractivity contribution in [2.75, 3.05) is 7.11 Å². The number of rotatable bonds is 5. The van der Waals surface area contributed by atoms with Gasteiger partial charge < -0.3 is 14.2 Å². The van der Waals surface area contributed by atoms with Crippen molar-refractivity contribution in [1.29, 1.82) is 0 Å². The third-order valence-corrected chi connectivity index (χ3v) is 3.15. The lowest BCUT2D eigenvalue weighted by atomic mass is 9.99. The number of carbonyl (C=O) groups excluding carboxylic acids is 1. The van der Waals surface area contributed by atoms with Crippen molar-refractivity contribution >= 4 is 5.97 Å². The van der Waals surface area contributed by atoms with Gasteiger partial charge in [-0.15, -0.1) is 0 Å². The van der Waals surface area contributed by atoms with Crippen LogP contribution in [-0.4, -0.2) is 31.1 Å². The van der Waals surface area contributed by atoms with Crippen LogP contribution in [0, 0.1) is 0 Å². The summed E-state index contributed by atoms with van der Waals surface area (Å²) in [6.45, 7) is 2.15. The van der Waals surface area contributed by atoms with Gasteiger partial charge in [-0.05, 0) is 6.42 Å². The number of cyclic esters (lactones) is 1. The van der Waals surface area contributed by atoms with Crippen molar-refractivity contribution in [2.45, 2.75) is 57.0 Å². The lowest BCUT2D eigenvalue weighted by Gasteiger charge is -2.33. The van der Waals surface area contributed by atoms with E-state index in [0.29, 0.717) is 6.42 Å². The fourth-order valence-electron chi connectivity index (χ4n) is 2.12. The highest BCUT2D eigenvalue weighted by Gasteiger charge is 2.58. The first-order valence-corrected chi connectivity index (χ1v) is 5.64. The van der Waals surface area contributed by atoms with Crippen molar-refractivity contribution < 1.29 is 19.0 Å². The van der Waals surface area contributed by atoms with Crippen LogP contribution in [0.5, 0.6) is 0 Å². The van der Waals surface area contributed by atoms with E-state index in [0.717, 1.165) is 25.7 Å². The molecule has 3 unspecified atom stereocenters. The summed E-state index contributed by atoms with van der Waals surface area (Å²) in [7, 11) is 1.60. The molecule has 0 N–H and O–H groups in total. The number of carbonyl (C=O) groups is 1. The molecule has 0 spiro atoms. The molecule has 4 nitrogen and oxygen atoms in total. The van der Waals surface area contributed by atoms with Crippen LogP contribution < -0.4 is 0 Å². The molecule has 0 bridgehead atoms. The molecule has 0 radical (unpaired) electrons. The molecule has 0 saturated carbocycles. The average Bonchev–Trinajstić information content (AvgIpc) is 2.98. The summed E-state index contributed by atoms with van der Waals surface area (Å²) < 4.78 is 15.9. The Morgan fingerprint density at radius 1 is 1.53 bits per heavy atom. The summed E-state index contributed by atoms with van der Waals surface area (Å²) in [5.41, 5.74) is 0. The summed E-state index contributed by atoms with van der Waals surface area (Å²) in [5.74, 6) is -0.978. The summed E-state index contributed by atoms with van der Waals surface area (Å²) in [5, 5.41) is 0. The van der Waals surface area contributed by atoms with Crippen LogP contribution in [0.4, 0.5) is 0 Å². The predicted octanol–water partition coefficient (Wildman–Crippen LogP) is 1.62. The minimum atomic E-state index is -0.718. The van der Waals surface area contributed by atoms with E-state index in [1.54, 1.807) is 7.11 Å². The Balaban J connectivity index is 1.92. The van der Waals surface area contributed by atoms with E-state index in [9.17, 15) is 4.79 Å². The maximum atomic E-state index is 11.4. The van der Waals surface area contributed by atoms with Crippen molar-refractivity contribution in [3.05, 3.63) is 0 Å². The highest BCUT2D eigenvalue weighted by molar-refractivity contribution is 5.79. The van der Waals surface area contributed by atoms with E-state index in [4.69, 9.17) is 14.2 Å². The topological polar surface area (TPSA) is 48.1 Å². The third kappa shape index (κ3) is 2.16. The van der Waals surface area contributed by atoms with E-state index in [-0.39, 0.29) is 18.2 Å². The van der Waals surface area contributed by atoms with Crippen molar-refractivity contribution in [3.63, 3.8) is 0 Å². The van der Waals surface area contributed by atoms with Crippen molar-refractivity contribution in [3.8, 4) is 0 Å². The molecule has 2 rings (SSSR count). The number of methoxy groups -OCH3 is 1. The van der Waals surface area contributed by atoms with Gasteiger partial charge in [-0.1, -0.05) is 19.8 Å². The second kappa shape index (κ2) is 4.10. The number of hydrogen-bond acceptors (Lipinski definition) is 4. The first-order chi connectivity index (χ1) is 7.21. The minimum absolute atomic E-state index is 0.0350. The van der Waals surface area contributed by atoms with Crippen molar-refractivity contribution in [1.82, 2.24) is 0 Å². The van der Waals surface area contributed by atoms with Crippen LogP contribution in [0.15, 0.2) is 0 Å². The molecular formula is C11H18O4. The van der Waals surface area contributed by atoms with E-state index in [1.807, 2.05) is 0 Å². The number of hydrogen-bond donors (Lipinski definition) is 0. The highest BCUT2D eigenvalue weighted by Crippen LogP contribution is 2.41. The van der Waals surface area contributed by atoms with Crippen LogP contribution >= 0.6 is 0 Å². The number of ether oxygens (including phenoxy) is 3. The van der Waals surface area contributed by atoms with Crippen LogP contribution in [0.2, 0.25) is 0 Å². The fourth-order valence-corrected chi connectivity index (χ4v) is 2.12. The molecular weight excluding hydrogens is 196 g/mol. The zero-order valence-electron chi connectivity index (χ0n) is 9.32. The van der Waals surface area contributed by atoms with Crippen LogP contribution in [0.3, 0.4) is 0 Å². The number of epoxide rings is 1. The quantitative estimate of drug-likeness (QED) is 0.396. The van der Waals surface area contributed by atoms with Crippen LogP contribution in [-0.2, 0) is 19.0 Å². The maximum Gasteiger partial charge on any atom is 0.340 e. The zero-order valence-corrected chi connectivity index (χ0v) is 9.32. The molecule has 0 aromatic rings. The SMILES string of the molecule is CCCCCC1(OC)CC2OC2C(=O)O1. The Hall–Kier alpha value is -0.610. The van der Waals surface area contributed by atoms with Gasteiger partial charge in [0.05, 0.1) is 0 Å². The van der Waals surface area contributed by atoms with E-state index < -0.39 is 5.79 Å². The Labute approximate surface area is 89.9 Å². The second-order valence-corrected chi connectivity index (χ2v) is 4.29. The average molecular weight is 214 g/mol. The summed E-state index contributed by atoms with van der Waals surface area (Å²) >= 11 is 0. The molecule has 0 aromatic carbocycles. The van der Waals surface area contributed by atoms with Gasteiger partial charge in [-0.25, -0.2) is 4.79 Å². The summed E-state index contributed by atoms with van der Waals surface area (Å²) in [6, 6.07) is 0. The van der Waals surface area contributed by atoms with Gasteiger partial charge in [-0.3, -0.25) is 0 Å².